The van der Waals surface area contributed by atoms with Crippen LogP contribution in [0.2, 0.25) is 0 Å². The van der Waals surface area contributed by atoms with Crippen molar-refractivity contribution >= 4 is 11.6 Å². The van der Waals surface area contributed by atoms with Crippen LogP contribution in [0.3, 0.4) is 0 Å². The second kappa shape index (κ2) is 7.58. The SMILES string of the molecule is Cc1nn(C)c(C)c1NC(=O)[C@@H](C)N[C@@H](c1ccccc1)c1ccco1. The molecule has 2 heterocycles. The number of carbonyl (C=O) groups excluding carboxylic acids is 1. The molecular formula is C20H24N4O2. The van der Waals surface area contributed by atoms with Crippen LogP contribution in [-0.4, -0.2) is 21.7 Å². The predicted octanol–water partition coefficient (Wildman–Crippen LogP) is 3.34. The Morgan fingerprint density at radius 1 is 1.15 bits per heavy atom. The molecule has 0 saturated carbocycles. The summed E-state index contributed by atoms with van der Waals surface area (Å²) in [6.07, 6.45) is 1.64. The summed E-state index contributed by atoms with van der Waals surface area (Å²) < 4.78 is 7.35. The summed E-state index contributed by atoms with van der Waals surface area (Å²) in [5, 5.41) is 10.7. The number of hydrogen-bond acceptors (Lipinski definition) is 4. The van der Waals surface area contributed by atoms with E-state index in [2.05, 4.69) is 15.7 Å². The highest BCUT2D eigenvalue weighted by Gasteiger charge is 2.23. The van der Waals surface area contributed by atoms with Gasteiger partial charge < -0.3 is 9.73 Å². The number of rotatable bonds is 6. The molecule has 0 bridgehead atoms. The summed E-state index contributed by atoms with van der Waals surface area (Å²) in [6.45, 7) is 5.66. The third-order valence-electron chi connectivity index (χ3n) is 4.53. The molecule has 0 aliphatic heterocycles. The maximum absolute atomic E-state index is 12.7. The van der Waals surface area contributed by atoms with E-state index in [9.17, 15) is 4.79 Å². The Morgan fingerprint density at radius 2 is 1.88 bits per heavy atom. The smallest absolute Gasteiger partial charge is 0.241 e. The highest BCUT2D eigenvalue weighted by atomic mass is 16.3. The van der Waals surface area contributed by atoms with Gasteiger partial charge in [-0.05, 0) is 38.5 Å². The molecule has 3 rings (SSSR count). The summed E-state index contributed by atoms with van der Waals surface area (Å²) in [6, 6.07) is 13.1. The van der Waals surface area contributed by atoms with Gasteiger partial charge in [0.05, 0.1) is 35.4 Å². The molecule has 1 amide bonds. The standard InChI is InChI=1S/C20H24N4O2/c1-13-18(15(3)24(4)23-13)22-20(25)14(2)21-19(17-11-8-12-26-17)16-9-6-5-7-10-16/h5-12,14,19,21H,1-4H3,(H,22,25)/t14-,19+/m1/s1. The lowest BCUT2D eigenvalue weighted by molar-refractivity contribution is -0.117. The van der Waals surface area contributed by atoms with E-state index in [-0.39, 0.29) is 11.9 Å². The summed E-state index contributed by atoms with van der Waals surface area (Å²) in [7, 11) is 1.86. The van der Waals surface area contributed by atoms with Crippen LogP contribution in [0.1, 0.15) is 35.7 Å². The van der Waals surface area contributed by atoms with Crippen LogP contribution in [-0.2, 0) is 11.8 Å². The number of amides is 1. The monoisotopic (exact) mass is 352 g/mol. The average Bonchev–Trinajstić information content (AvgIpc) is 3.25. The molecule has 0 saturated heterocycles. The second-order valence-corrected chi connectivity index (χ2v) is 6.41. The third kappa shape index (κ3) is 3.70. The molecule has 6 heteroatoms. The van der Waals surface area contributed by atoms with Crippen LogP contribution >= 0.6 is 0 Å². The summed E-state index contributed by atoms with van der Waals surface area (Å²) in [4.78, 5) is 12.7. The molecule has 0 fully saturated rings. The van der Waals surface area contributed by atoms with Gasteiger partial charge in [0, 0.05) is 7.05 Å². The topological polar surface area (TPSA) is 72.1 Å². The molecule has 1 aromatic carbocycles. The third-order valence-corrected chi connectivity index (χ3v) is 4.53. The van der Waals surface area contributed by atoms with E-state index in [4.69, 9.17) is 4.42 Å². The van der Waals surface area contributed by atoms with Gasteiger partial charge in [0.15, 0.2) is 0 Å². The lowest BCUT2D eigenvalue weighted by atomic mass is 10.0. The van der Waals surface area contributed by atoms with Gasteiger partial charge in [-0.2, -0.15) is 5.10 Å². The van der Waals surface area contributed by atoms with Crippen LogP contribution < -0.4 is 10.6 Å². The number of benzene rings is 1. The van der Waals surface area contributed by atoms with Crippen LogP contribution in [0.15, 0.2) is 53.1 Å². The minimum Gasteiger partial charge on any atom is -0.467 e. The van der Waals surface area contributed by atoms with Crippen molar-refractivity contribution < 1.29 is 9.21 Å². The van der Waals surface area contributed by atoms with Crippen molar-refractivity contribution in [2.75, 3.05) is 5.32 Å². The lowest BCUT2D eigenvalue weighted by Gasteiger charge is -2.22. The van der Waals surface area contributed by atoms with Crippen molar-refractivity contribution in [3.8, 4) is 0 Å². The number of hydrogen-bond donors (Lipinski definition) is 2. The quantitative estimate of drug-likeness (QED) is 0.714. The Balaban J connectivity index is 1.77. The van der Waals surface area contributed by atoms with Gasteiger partial charge in [-0.1, -0.05) is 30.3 Å². The highest BCUT2D eigenvalue weighted by Crippen LogP contribution is 2.24. The van der Waals surface area contributed by atoms with Gasteiger partial charge in [-0.15, -0.1) is 0 Å². The van der Waals surface area contributed by atoms with Gasteiger partial charge >= 0.3 is 0 Å². The Hall–Kier alpha value is -2.86. The fraction of sp³-hybridized carbons (Fsp3) is 0.300. The summed E-state index contributed by atoms with van der Waals surface area (Å²) in [5.41, 5.74) is 3.53. The molecule has 2 N–H and O–H groups in total. The van der Waals surface area contributed by atoms with Gasteiger partial charge in [0.25, 0.3) is 0 Å². The van der Waals surface area contributed by atoms with E-state index in [1.165, 1.54) is 0 Å². The van der Waals surface area contributed by atoms with Crippen molar-refractivity contribution in [3.05, 3.63) is 71.4 Å². The molecule has 26 heavy (non-hydrogen) atoms. The van der Waals surface area contributed by atoms with E-state index >= 15 is 0 Å². The largest absolute Gasteiger partial charge is 0.467 e. The minimum atomic E-state index is -0.427. The molecule has 3 aromatic rings. The lowest BCUT2D eigenvalue weighted by Crippen LogP contribution is -2.40. The van der Waals surface area contributed by atoms with E-state index < -0.39 is 6.04 Å². The fourth-order valence-electron chi connectivity index (χ4n) is 2.96. The van der Waals surface area contributed by atoms with E-state index in [0.717, 1.165) is 28.4 Å². The van der Waals surface area contributed by atoms with Crippen molar-refractivity contribution in [2.45, 2.75) is 32.9 Å². The molecule has 0 radical (unpaired) electrons. The first-order valence-corrected chi connectivity index (χ1v) is 8.63. The molecule has 0 aliphatic carbocycles. The van der Waals surface area contributed by atoms with Crippen LogP contribution in [0.5, 0.6) is 0 Å². The number of nitrogens with one attached hydrogen (secondary N) is 2. The zero-order chi connectivity index (χ0) is 18.7. The van der Waals surface area contributed by atoms with Gasteiger partial charge in [-0.3, -0.25) is 14.8 Å². The van der Waals surface area contributed by atoms with Crippen molar-refractivity contribution in [1.29, 1.82) is 0 Å². The predicted molar refractivity (Wildman–Crippen MR) is 101 cm³/mol. The Morgan fingerprint density at radius 3 is 2.46 bits per heavy atom. The van der Waals surface area contributed by atoms with Crippen molar-refractivity contribution in [3.63, 3.8) is 0 Å². The molecule has 0 aliphatic rings. The first-order valence-electron chi connectivity index (χ1n) is 8.63. The number of aromatic nitrogens is 2. The van der Waals surface area contributed by atoms with E-state index in [0.29, 0.717) is 0 Å². The molecule has 0 unspecified atom stereocenters. The van der Waals surface area contributed by atoms with Gasteiger partial charge in [-0.25, -0.2) is 0 Å². The minimum absolute atomic E-state index is 0.114. The number of anilines is 1. The Labute approximate surface area is 153 Å². The molecule has 2 aromatic heterocycles. The number of aryl methyl sites for hydroxylation is 2. The number of nitrogens with zero attached hydrogens (tertiary/aromatic N) is 2. The Bertz CT molecular complexity index is 869. The van der Waals surface area contributed by atoms with Gasteiger partial charge in [0.1, 0.15) is 5.76 Å². The average molecular weight is 352 g/mol. The first kappa shape index (κ1) is 17.9. The van der Waals surface area contributed by atoms with E-state index in [1.807, 2.05) is 70.3 Å². The van der Waals surface area contributed by atoms with E-state index in [1.54, 1.807) is 10.9 Å². The highest BCUT2D eigenvalue weighted by molar-refractivity contribution is 5.95. The fourth-order valence-corrected chi connectivity index (χ4v) is 2.96. The molecule has 6 nitrogen and oxygen atoms in total. The van der Waals surface area contributed by atoms with Crippen LogP contribution in [0, 0.1) is 13.8 Å². The van der Waals surface area contributed by atoms with Crippen molar-refractivity contribution in [1.82, 2.24) is 15.1 Å². The van der Waals surface area contributed by atoms with Gasteiger partial charge in [0.2, 0.25) is 5.91 Å². The maximum Gasteiger partial charge on any atom is 0.241 e. The van der Waals surface area contributed by atoms with Crippen molar-refractivity contribution in [2.24, 2.45) is 7.05 Å². The molecule has 136 valence electrons. The summed E-state index contributed by atoms with van der Waals surface area (Å²) in [5.74, 6) is 0.654. The molecule has 0 spiro atoms. The maximum atomic E-state index is 12.7. The normalized spacial score (nSPS) is 13.4. The molecule has 2 atom stereocenters. The second-order valence-electron chi connectivity index (χ2n) is 6.41. The zero-order valence-corrected chi connectivity index (χ0v) is 15.5. The van der Waals surface area contributed by atoms with Crippen LogP contribution in [0.4, 0.5) is 5.69 Å². The number of carbonyl (C=O) groups is 1. The molecular weight excluding hydrogens is 328 g/mol. The zero-order valence-electron chi connectivity index (χ0n) is 15.5. The first-order chi connectivity index (χ1) is 12.5. The number of furan rings is 1. The Kier molecular flexibility index (Phi) is 5.23. The summed E-state index contributed by atoms with van der Waals surface area (Å²) >= 11 is 0. The van der Waals surface area contributed by atoms with Crippen LogP contribution in [0.25, 0.3) is 0 Å².